The summed E-state index contributed by atoms with van der Waals surface area (Å²) in [5, 5.41) is 0. The smallest absolute Gasteiger partial charge is 0.266 e. The van der Waals surface area contributed by atoms with E-state index in [1.807, 2.05) is 12.1 Å². The van der Waals surface area contributed by atoms with Gasteiger partial charge in [0.15, 0.2) is 0 Å². The van der Waals surface area contributed by atoms with Gasteiger partial charge < -0.3 is 10.6 Å². The van der Waals surface area contributed by atoms with Gasteiger partial charge in [0.2, 0.25) is 0 Å². The van der Waals surface area contributed by atoms with Gasteiger partial charge in [0, 0.05) is 18.8 Å². The van der Waals surface area contributed by atoms with Crippen LogP contribution in [-0.2, 0) is 0 Å². The molecule has 2 fully saturated rings. The Morgan fingerprint density at radius 3 is 3.05 bits per heavy atom. The van der Waals surface area contributed by atoms with Crippen molar-refractivity contribution in [1.29, 1.82) is 0 Å². The number of pyridine rings is 1. The second-order valence-corrected chi connectivity index (χ2v) is 7.15. The number of anilines is 1. The fourth-order valence-electron chi connectivity index (χ4n) is 3.94. The van der Waals surface area contributed by atoms with Gasteiger partial charge in [-0.15, -0.1) is 11.3 Å². The number of thiophene rings is 1. The van der Waals surface area contributed by atoms with Gasteiger partial charge in [0.05, 0.1) is 10.4 Å². The first-order chi connectivity index (χ1) is 10.3. The van der Waals surface area contributed by atoms with Crippen LogP contribution >= 0.6 is 11.3 Å². The van der Waals surface area contributed by atoms with Gasteiger partial charge in [-0.25, -0.2) is 0 Å². The number of nitrogen functional groups attached to an aromatic ring is 1. The molecule has 1 saturated carbocycles. The van der Waals surface area contributed by atoms with E-state index >= 15 is 0 Å². The lowest BCUT2D eigenvalue weighted by molar-refractivity contribution is 0.0554. The van der Waals surface area contributed by atoms with E-state index in [2.05, 4.69) is 9.88 Å². The molecule has 4 rings (SSSR count). The molecule has 0 bridgehead atoms. The summed E-state index contributed by atoms with van der Waals surface area (Å²) >= 11 is 1.48. The molecule has 110 valence electrons. The molecule has 0 spiro atoms. The van der Waals surface area contributed by atoms with Crippen molar-refractivity contribution in [3.05, 3.63) is 23.2 Å². The van der Waals surface area contributed by atoms with Crippen LogP contribution in [0.4, 0.5) is 5.69 Å². The first kappa shape index (κ1) is 13.1. The molecule has 21 heavy (non-hydrogen) atoms. The van der Waals surface area contributed by atoms with Crippen LogP contribution in [0.3, 0.4) is 0 Å². The summed E-state index contributed by atoms with van der Waals surface area (Å²) in [4.78, 5) is 20.0. The monoisotopic (exact) mass is 301 g/mol. The fraction of sp³-hybridized carbons (Fsp3) is 0.500. The zero-order valence-electron chi connectivity index (χ0n) is 11.9. The number of piperidine rings is 1. The third kappa shape index (κ3) is 2.02. The molecular weight excluding hydrogens is 282 g/mol. The summed E-state index contributed by atoms with van der Waals surface area (Å²) < 4.78 is 0.998. The number of hydrogen-bond donors (Lipinski definition) is 1. The van der Waals surface area contributed by atoms with Crippen LogP contribution in [0, 0.1) is 5.92 Å². The van der Waals surface area contributed by atoms with Gasteiger partial charge in [-0.05, 0) is 43.7 Å². The summed E-state index contributed by atoms with van der Waals surface area (Å²) in [6.45, 7) is 0.876. The van der Waals surface area contributed by atoms with Crippen molar-refractivity contribution in [3.63, 3.8) is 0 Å². The molecule has 1 saturated heterocycles. The lowest BCUT2D eigenvalue weighted by Gasteiger charge is -2.37. The molecule has 1 aliphatic heterocycles. The number of nitrogens with zero attached hydrogens (tertiary/aromatic N) is 2. The van der Waals surface area contributed by atoms with E-state index in [1.165, 1.54) is 30.6 Å². The molecule has 2 aromatic rings. The van der Waals surface area contributed by atoms with Crippen molar-refractivity contribution in [3.8, 4) is 0 Å². The standard InChI is InChI=1S/C16H19N3OS/c17-13-14-12(7-2-8-18-14)21-15(13)16(20)19-9-3-5-10-4-1-6-11(10)19/h2,7-8,10-11H,1,3-6,9,17H2. The minimum absolute atomic E-state index is 0.118. The van der Waals surface area contributed by atoms with Crippen molar-refractivity contribution in [2.45, 2.75) is 38.1 Å². The molecule has 2 atom stereocenters. The van der Waals surface area contributed by atoms with Gasteiger partial charge in [0.1, 0.15) is 10.4 Å². The number of amides is 1. The zero-order valence-corrected chi connectivity index (χ0v) is 12.7. The average Bonchev–Trinajstić information content (AvgIpc) is 3.11. The minimum atomic E-state index is 0.118. The van der Waals surface area contributed by atoms with Gasteiger partial charge >= 0.3 is 0 Å². The number of likely N-dealkylation sites (tertiary alicyclic amines) is 1. The maximum absolute atomic E-state index is 13.0. The molecule has 0 radical (unpaired) electrons. The highest BCUT2D eigenvalue weighted by Gasteiger charge is 2.38. The number of carbonyl (C=O) groups is 1. The maximum atomic E-state index is 13.0. The van der Waals surface area contributed by atoms with E-state index < -0.39 is 0 Å². The third-order valence-corrected chi connectivity index (χ3v) is 6.08. The number of rotatable bonds is 1. The molecule has 1 amide bonds. The van der Waals surface area contributed by atoms with Gasteiger partial charge in [0.25, 0.3) is 5.91 Å². The quantitative estimate of drug-likeness (QED) is 0.879. The van der Waals surface area contributed by atoms with Crippen LogP contribution in [0.2, 0.25) is 0 Å². The number of aromatic nitrogens is 1. The molecule has 2 unspecified atom stereocenters. The Morgan fingerprint density at radius 1 is 1.33 bits per heavy atom. The highest BCUT2D eigenvalue weighted by Crippen LogP contribution is 2.39. The molecule has 1 aliphatic carbocycles. The lowest BCUT2D eigenvalue weighted by atomic mass is 9.92. The van der Waals surface area contributed by atoms with Crippen LogP contribution in [-0.4, -0.2) is 28.4 Å². The lowest BCUT2D eigenvalue weighted by Crippen LogP contribution is -2.46. The zero-order chi connectivity index (χ0) is 14.4. The second kappa shape index (κ2) is 4.98. The van der Waals surface area contributed by atoms with E-state index in [4.69, 9.17) is 5.73 Å². The molecule has 2 N–H and O–H groups in total. The van der Waals surface area contributed by atoms with Crippen molar-refractivity contribution < 1.29 is 4.79 Å². The van der Waals surface area contributed by atoms with Crippen molar-refractivity contribution in [2.75, 3.05) is 12.3 Å². The fourth-order valence-corrected chi connectivity index (χ4v) is 4.98. The minimum Gasteiger partial charge on any atom is -0.396 e. The van der Waals surface area contributed by atoms with Crippen LogP contribution in [0.25, 0.3) is 10.2 Å². The normalized spacial score (nSPS) is 25.2. The molecule has 5 heteroatoms. The van der Waals surface area contributed by atoms with Crippen LogP contribution in [0.1, 0.15) is 41.8 Å². The van der Waals surface area contributed by atoms with Crippen LogP contribution in [0.15, 0.2) is 18.3 Å². The molecule has 4 nitrogen and oxygen atoms in total. The van der Waals surface area contributed by atoms with E-state index in [9.17, 15) is 4.79 Å². The van der Waals surface area contributed by atoms with Crippen molar-refractivity contribution in [2.24, 2.45) is 5.92 Å². The summed E-state index contributed by atoms with van der Waals surface area (Å²) in [5.41, 5.74) is 7.51. The van der Waals surface area contributed by atoms with Crippen LogP contribution in [0.5, 0.6) is 0 Å². The predicted molar refractivity (Wildman–Crippen MR) is 85.4 cm³/mol. The number of nitrogens with two attached hydrogens (primary N) is 1. The Hall–Kier alpha value is -1.62. The average molecular weight is 301 g/mol. The van der Waals surface area contributed by atoms with E-state index in [0.29, 0.717) is 22.5 Å². The molecule has 0 aromatic carbocycles. The highest BCUT2D eigenvalue weighted by atomic mass is 32.1. The first-order valence-corrected chi connectivity index (χ1v) is 8.51. The molecule has 2 aromatic heterocycles. The Morgan fingerprint density at radius 2 is 2.19 bits per heavy atom. The van der Waals surface area contributed by atoms with E-state index in [1.54, 1.807) is 6.20 Å². The van der Waals surface area contributed by atoms with E-state index in [0.717, 1.165) is 29.6 Å². The predicted octanol–water partition coefficient (Wildman–Crippen LogP) is 3.28. The molecular formula is C16H19N3OS. The summed E-state index contributed by atoms with van der Waals surface area (Å²) in [6, 6.07) is 4.30. The Kier molecular flexibility index (Phi) is 3.10. The molecule has 2 aliphatic rings. The van der Waals surface area contributed by atoms with E-state index in [-0.39, 0.29) is 5.91 Å². The number of fused-ring (bicyclic) bond motifs is 2. The Labute approximate surface area is 128 Å². The summed E-state index contributed by atoms with van der Waals surface area (Å²) in [6.07, 6.45) is 7.81. The summed E-state index contributed by atoms with van der Waals surface area (Å²) in [7, 11) is 0. The van der Waals surface area contributed by atoms with Gasteiger partial charge in [-0.2, -0.15) is 0 Å². The Bertz CT molecular complexity index is 696. The summed E-state index contributed by atoms with van der Waals surface area (Å²) in [5.74, 6) is 0.823. The Balaban J connectivity index is 1.71. The highest BCUT2D eigenvalue weighted by molar-refractivity contribution is 7.21. The molecule has 3 heterocycles. The largest absolute Gasteiger partial charge is 0.396 e. The third-order valence-electron chi connectivity index (χ3n) is 4.93. The first-order valence-electron chi connectivity index (χ1n) is 7.69. The van der Waals surface area contributed by atoms with Crippen molar-refractivity contribution in [1.82, 2.24) is 9.88 Å². The van der Waals surface area contributed by atoms with Crippen LogP contribution < -0.4 is 5.73 Å². The van der Waals surface area contributed by atoms with Gasteiger partial charge in [-0.1, -0.05) is 6.42 Å². The number of hydrogen-bond acceptors (Lipinski definition) is 4. The van der Waals surface area contributed by atoms with Gasteiger partial charge in [-0.3, -0.25) is 9.78 Å². The second-order valence-electron chi connectivity index (χ2n) is 6.09. The topological polar surface area (TPSA) is 59.2 Å². The number of carbonyl (C=O) groups excluding carboxylic acids is 1. The SMILES string of the molecule is Nc1c(C(=O)N2CCCC3CCCC32)sc2cccnc12. The van der Waals surface area contributed by atoms with Crippen molar-refractivity contribution >= 4 is 33.1 Å². The maximum Gasteiger partial charge on any atom is 0.266 e.